The second-order valence-electron chi connectivity index (χ2n) is 9.26. The van der Waals surface area contributed by atoms with Crippen molar-refractivity contribution in [1.29, 1.82) is 0 Å². The molecule has 1 heteroatoms. The molecular formula is C32H20Si. The van der Waals surface area contributed by atoms with E-state index in [4.69, 9.17) is 0 Å². The largest absolute Gasteiger partial charge is 0.182 e. The van der Waals surface area contributed by atoms with Gasteiger partial charge >= 0.3 is 0 Å². The summed E-state index contributed by atoms with van der Waals surface area (Å²) in [5.74, 6) is 0. The lowest BCUT2D eigenvalue weighted by molar-refractivity contribution is 1.71. The van der Waals surface area contributed by atoms with Crippen molar-refractivity contribution in [3.63, 3.8) is 0 Å². The molecule has 0 saturated carbocycles. The molecule has 8 rings (SSSR count). The van der Waals surface area contributed by atoms with E-state index in [0.717, 1.165) is 0 Å². The van der Waals surface area contributed by atoms with E-state index >= 15 is 0 Å². The molecule has 0 N–H and O–H groups in total. The highest BCUT2D eigenvalue weighted by molar-refractivity contribution is 7.24. The zero-order valence-corrected chi connectivity index (χ0v) is 19.0. The number of fused-ring (bicyclic) bond motifs is 14. The van der Waals surface area contributed by atoms with E-state index in [9.17, 15) is 0 Å². The predicted octanol–water partition coefficient (Wildman–Crippen LogP) is 5.33. The van der Waals surface area contributed by atoms with Crippen LogP contribution in [0.25, 0.3) is 43.8 Å². The van der Waals surface area contributed by atoms with Crippen LogP contribution in [-0.4, -0.2) is 8.07 Å². The Bertz CT molecular complexity index is 1640. The lowest BCUT2D eigenvalue weighted by Crippen LogP contribution is -2.70. The summed E-state index contributed by atoms with van der Waals surface area (Å²) in [6.45, 7) is 0. The average Bonchev–Trinajstić information content (AvgIpc) is 3.36. The van der Waals surface area contributed by atoms with Gasteiger partial charge in [0.05, 0.1) is 0 Å². The van der Waals surface area contributed by atoms with E-state index in [1.807, 2.05) is 0 Å². The van der Waals surface area contributed by atoms with Crippen LogP contribution in [0, 0.1) is 0 Å². The highest BCUT2D eigenvalue weighted by atomic mass is 28.3. The molecule has 1 spiro atoms. The predicted molar refractivity (Wildman–Crippen MR) is 143 cm³/mol. The summed E-state index contributed by atoms with van der Waals surface area (Å²) in [7, 11) is -2.39. The van der Waals surface area contributed by atoms with Crippen molar-refractivity contribution in [1.82, 2.24) is 0 Å². The minimum atomic E-state index is -2.39. The molecule has 0 atom stereocenters. The Morgan fingerprint density at radius 2 is 0.758 bits per heavy atom. The third kappa shape index (κ3) is 1.98. The Morgan fingerprint density at radius 1 is 0.333 bits per heavy atom. The van der Waals surface area contributed by atoms with Crippen molar-refractivity contribution in [2.75, 3.05) is 0 Å². The smallest absolute Gasteiger partial charge is 0.0623 e. The molecule has 6 aromatic rings. The Kier molecular flexibility index (Phi) is 3.25. The second kappa shape index (κ2) is 6.09. The zero-order chi connectivity index (χ0) is 21.6. The molecule has 152 valence electrons. The van der Waals surface area contributed by atoms with Gasteiger partial charge in [0.15, 0.2) is 8.07 Å². The third-order valence-electron chi connectivity index (χ3n) is 7.87. The second-order valence-corrected chi connectivity index (χ2v) is 12.9. The van der Waals surface area contributed by atoms with Crippen LogP contribution in [0.2, 0.25) is 0 Å². The van der Waals surface area contributed by atoms with Crippen LogP contribution in [0.1, 0.15) is 0 Å². The van der Waals surface area contributed by atoms with Crippen LogP contribution in [0.5, 0.6) is 0 Å². The molecule has 2 aliphatic rings. The van der Waals surface area contributed by atoms with Crippen molar-refractivity contribution >= 4 is 50.4 Å². The quantitative estimate of drug-likeness (QED) is 0.284. The minimum absolute atomic E-state index is 1.32. The van der Waals surface area contributed by atoms with Crippen LogP contribution < -0.4 is 20.7 Å². The fraction of sp³-hybridized carbons (Fsp3) is 0. The number of hydrogen-bond donors (Lipinski definition) is 0. The maximum absolute atomic E-state index is 2.46. The Balaban J connectivity index is 1.68. The van der Waals surface area contributed by atoms with Crippen molar-refractivity contribution in [2.45, 2.75) is 0 Å². The Morgan fingerprint density at radius 3 is 1.27 bits per heavy atom. The lowest BCUT2D eigenvalue weighted by atomic mass is 9.94. The summed E-state index contributed by atoms with van der Waals surface area (Å²) < 4.78 is 0. The zero-order valence-electron chi connectivity index (χ0n) is 18.0. The molecule has 0 nitrogen and oxygen atoms in total. The van der Waals surface area contributed by atoms with Gasteiger partial charge in [-0.2, -0.15) is 0 Å². The average molecular weight is 433 g/mol. The van der Waals surface area contributed by atoms with E-state index in [0.29, 0.717) is 0 Å². The third-order valence-corrected chi connectivity index (χ3v) is 12.8. The van der Waals surface area contributed by atoms with Gasteiger partial charge in [-0.15, -0.1) is 0 Å². The molecule has 2 heterocycles. The van der Waals surface area contributed by atoms with Gasteiger partial charge in [0.2, 0.25) is 0 Å². The van der Waals surface area contributed by atoms with E-state index in [1.54, 1.807) is 10.4 Å². The molecule has 0 saturated heterocycles. The van der Waals surface area contributed by atoms with E-state index < -0.39 is 8.07 Å². The molecule has 0 unspecified atom stereocenters. The summed E-state index contributed by atoms with van der Waals surface area (Å²) in [6.07, 6.45) is 0. The fourth-order valence-corrected chi connectivity index (χ4v) is 12.3. The first-order valence-electron chi connectivity index (χ1n) is 11.6. The fourth-order valence-electron chi connectivity index (χ4n) is 6.67. The van der Waals surface area contributed by atoms with Crippen LogP contribution >= 0.6 is 0 Å². The van der Waals surface area contributed by atoms with Crippen molar-refractivity contribution < 1.29 is 0 Å². The summed E-state index contributed by atoms with van der Waals surface area (Å²) in [6, 6.07) is 45.8. The first kappa shape index (κ1) is 17.6. The summed E-state index contributed by atoms with van der Waals surface area (Å²) in [4.78, 5) is 0. The molecule has 6 aromatic carbocycles. The highest BCUT2D eigenvalue weighted by Crippen LogP contribution is 2.41. The van der Waals surface area contributed by atoms with Crippen LogP contribution in [0.15, 0.2) is 121 Å². The normalized spacial score (nSPS) is 14.3. The number of hydrogen-bond acceptors (Lipinski definition) is 0. The lowest BCUT2D eigenvalue weighted by Gasteiger charge is -2.28. The molecule has 2 aliphatic heterocycles. The molecule has 0 bridgehead atoms. The minimum Gasteiger partial charge on any atom is -0.0623 e. The highest BCUT2D eigenvalue weighted by Gasteiger charge is 2.54. The van der Waals surface area contributed by atoms with Crippen molar-refractivity contribution in [3.05, 3.63) is 121 Å². The van der Waals surface area contributed by atoms with Gasteiger partial charge in [-0.05, 0) is 64.5 Å². The Labute approximate surface area is 193 Å². The van der Waals surface area contributed by atoms with Gasteiger partial charge in [-0.25, -0.2) is 0 Å². The monoisotopic (exact) mass is 432 g/mol. The molecule has 0 radical (unpaired) electrons. The van der Waals surface area contributed by atoms with Gasteiger partial charge in [0.1, 0.15) is 0 Å². The molecule has 0 fully saturated rings. The molecule has 0 amide bonds. The number of benzene rings is 6. The summed E-state index contributed by atoms with van der Waals surface area (Å²) in [5, 5.41) is 11.6. The maximum Gasteiger partial charge on any atom is 0.182 e. The van der Waals surface area contributed by atoms with Gasteiger partial charge in [-0.3, -0.25) is 0 Å². The van der Waals surface area contributed by atoms with Crippen LogP contribution in [0.3, 0.4) is 0 Å². The van der Waals surface area contributed by atoms with Gasteiger partial charge in [0, 0.05) is 0 Å². The molecule has 0 aliphatic carbocycles. The first-order valence-corrected chi connectivity index (χ1v) is 13.6. The molecule has 33 heavy (non-hydrogen) atoms. The topological polar surface area (TPSA) is 0 Å². The standard InChI is InChI=1S/C32H20Si/c1-3-11-23-21(9-1)17-19-29-31(23)32-24-12-4-2-10-22(24)18-20-30(32)33(29)27-15-7-5-13-25(27)26-14-6-8-16-28(26)33/h1-20H. The maximum atomic E-state index is 2.46. The van der Waals surface area contributed by atoms with Gasteiger partial charge in [-0.1, -0.05) is 121 Å². The molecular weight excluding hydrogens is 412 g/mol. The van der Waals surface area contributed by atoms with E-state index in [-0.39, 0.29) is 0 Å². The van der Waals surface area contributed by atoms with E-state index in [1.165, 1.54) is 54.2 Å². The van der Waals surface area contributed by atoms with Crippen LogP contribution in [0.4, 0.5) is 0 Å². The number of rotatable bonds is 0. The van der Waals surface area contributed by atoms with Gasteiger partial charge < -0.3 is 0 Å². The van der Waals surface area contributed by atoms with Crippen molar-refractivity contribution in [3.8, 4) is 22.3 Å². The van der Waals surface area contributed by atoms with Gasteiger partial charge in [0.25, 0.3) is 0 Å². The van der Waals surface area contributed by atoms with Crippen molar-refractivity contribution in [2.24, 2.45) is 0 Å². The van der Waals surface area contributed by atoms with E-state index in [2.05, 4.69) is 121 Å². The summed E-state index contributed by atoms with van der Waals surface area (Å²) >= 11 is 0. The van der Waals surface area contributed by atoms with Crippen LogP contribution in [-0.2, 0) is 0 Å². The SMILES string of the molecule is c1ccc2c(c1)-c1ccccc1[Si]21c2ccc3ccccc3c2-c2c1ccc1ccccc21. The first-order chi connectivity index (χ1) is 16.4. The summed E-state index contributed by atoms with van der Waals surface area (Å²) in [5.41, 5.74) is 5.75. The Hall–Kier alpha value is -3.94. The molecule has 0 aromatic heterocycles.